The van der Waals surface area contributed by atoms with Gasteiger partial charge < -0.3 is 17.1 Å². The summed E-state index contributed by atoms with van der Waals surface area (Å²) in [6, 6.07) is 8.11. The molecule has 0 aliphatic rings. The first-order valence-corrected chi connectivity index (χ1v) is 5.90. The third kappa shape index (κ3) is 3.35. The monoisotopic (exact) mass is 270 g/mol. The van der Waals surface area contributed by atoms with E-state index in [2.05, 4.69) is 17.1 Å². The SMILES string of the molecule is COc1ccc(Cc2sc(N)[nH+]c2C)cc1.[Cl-]. The lowest BCUT2D eigenvalue weighted by atomic mass is 10.1. The number of hydrogen-bond acceptors (Lipinski definition) is 3. The number of anilines is 1. The van der Waals surface area contributed by atoms with Crippen molar-refractivity contribution in [2.45, 2.75) is 13.3 Å². The second kappa shape index (κ2) is 5.89. The van der Waals surface area contributed by atoms with Crippen molar-refractivity contribution in [3.63, 3.8) is 0 Å². The fourth-order valence-electron chi connectivity index (χ4n) is 1.59. The van der Waals surface area contributed by atoms with Gasteiger partial charge >= 0.3 is 5.13 Å². The predicted molar refractivity (Wildman–Crippen MR) is 65.8 cm³/mol. The van der Waals surface area contributed by atoms with Crippen LogP contribution in [0, 0.1) is 6.92 Å². The molecular weight excluding hydrogens is 256 g/mol. The smallest absolute Gasteiger partial charge is 0.329 e. The fraction of sp³-hybridized carbons (Fsp3) is 0.250. The van der Waals surface area contributed by atoms with Crippen molar-refractivity contribution in [3.05, 3.63) is 40.4 Å². The molecule has 17 heavy (non-hydrogen) atoms. The summed E-state index contributed by atoms with van der Waals surface area (Å²) in [5, 5.41) is 0.765. The van der Waals surface area contributed by atoms with Crippen LogP contribution < -0.4 is 27.9 Å². The molecule has 1 heterocycles. The fourth-order valence-corrected chi connectivity index (χ4v) is 2.50. The number of H-pyrrole nitrogens is 1. The van der Waals surface area contributed by atoms with E-state index in [1.54, 1.807) is 18.4 Å². The summed E-state index contributed by atoms with van der Waals surface area (Å²) in [4.78, 5) is 4.40. The molecule has 0 aliphatic carbocycles. The van der Waals surface area contributed by atoms with E-state index in [-0.39, 0.29) is 12.4 Å². The van der Waals surface area contributed by atoms with E-state index in [4.69, 9.17) is 10.5 Å². The molecule has 0 radical (unpaired) electrons. The molecule has 0 saturated carbocycles. The van der Waals surface area contributed by atoms with Gasteiger partial charge in [-0.1, -0.05) is 23.5 Å². The van der Waals surface area contributed by atoms with Gasteiger partial charge in [-0.15, -0.1) is 0 Å². The summed E-state index contributed by atoms with van der Waals surface area (Å²) in [6.45, 7) is 2.05. The number of aryl methyl sites for hydroxylation is 1. The lowest BCUT2D eigenvalue weighted by molar-refractivity contribution is -0.364. The number of nitrogens with one attached hydrogen (secondary N) is 1. The summed E-state index contributed by atoms with van der Waals surface area (Å²) in [6.07, 6.45) is 0.911. The summed E-state index contributed by atoms with van der Waals surface area (Å²) in [5.41, 5.74) is 8.14. The maximum absolute atomic E-state index is 5.72. The molecule has 92 valence electrons. The van der Waals surface area contributed by atoms with E-state index in [1.165, 1.54) is 10.4 Å². The Labute approximate surface area is 111 Å². The van der Waals surface area contributed by atoms with Crippen LogP contribution >= 0.6 is 11.3 Å². The van der Waals surface area contributed by atoms with Crippen LogP contribution in [0.2, 0.25) is 0 Å². The molecule has 0 spiro atoms. The van der Waals surface area contributed by atoms with Crippen molar-refractivity contribution in [2.24, 2.45) is 0 Å². The highest BCUT2D eigenvalue weighted by Gasteiger charge is 2.09. The van der Waals surface area contributed by atoms with Gasteiger partial charge in [-0.2, -0.15) is 0 Å². The number of aromatic nitrogens is 1. The summed E-state index contributed by atoms with van der Waals surface area (Å²) in [7, 11) is 1.67. The lowest BCUT2D eigenvalue weighted by Gasteiger charge is -2.01. The van der Waals surface area contributed by atoms with Crippen LogP contribution in [-0.4, -0.2) is 7.11 Å². The Bertz CT molecular complexity index is 482. The number of benzene rings is 1. The van der Waals surface area contributed by atoms with E-state index >= 15 is 0 Å². The molecule has 3 N–H and O–H groups in total. The zero-order valence-electron chi connectivity index (χ0n) is 9.79. The van der Waals surface area contributed by atoms with E-state index in [0.29, 0.717) is 0 Å². The number of methoxy groups -OCH3 is 1. The predicted octanol–water partition coefficient (Wildman–Crippen LogP) is -0.944. The minimum Gasteiger partial charge on any atom is -1.00 e. The quantitative estimate of drug-likeness (QED) is 0.782. The highest BCUT2D eigenvalue weighted by molar-refractivity contribution is 7.15. The first-order chi connectivity index (χ1) is 7.69. The first-order valence-electron chi connectivity index (χ1n) is 5.09. The van der Waals surface area contributed by atoms with Gasteiger partial charge in [0.2, 0.25) is 0 Å². The standard InChI is InChI=1S/C12H14N2OS.ClH/c1-8-11(16-12(13)14-8)7-9-3-5-10(15-2)6-4-9;/h3-6H,7H2,1-2H3,(H2,13,14);1H. The van der Waals surface area contributed by atoms with Gasteiger partial charge in [-0.25, -0.2) is 4.98 Å². The Morgan fingerprint density at radius 2 is 1.94 bits per heavy atom. The zero-order chi connectivity index (χ0) is 11.5. The van der Waals surface area contributed by atoms with Crippen LogP contribution in [0.15, 0.2) is 24.3 Å². The Hall–Kier alpha value is -1.26. The van der Waals surface area contributed by atoms with Gasteiger partial charge in [0.15, 0.2) is 0 Å². The maximum atomic E-state index is 5.72. The molecule has 0 atom stereocenters. The molecule has 1 aromatic carbocycles. The van der Waals surface area contributed by atoms with E-state index < -0.39 is 0 Å². The third-order valence-corrected chi connectivity index (χ3v) is 3.50. The molecule has 0 amide bonds. The Morgan fingerprint density at radius 1 is 1.29 bits per heavy atom. The van der Waals surface area contributed by atoms with Gasteiger partial charge in [-0.05, 0) is 24.6 Å². The van der Waals surface area contributed by atoms with Crippen molar-refractivity contribution in [1.82, 2.24) is 0 Å². The molecule has 0 unspecified atom stereocenters. The molecular formula is C12H15ClN2OS. The number of hydrogen-bond donors (Lipinski definition) is 1. The minimum absolute atomic E-state index is 0. The molecule has 5 heteroatoms. The van der Waals surface area contributed by atoms with E-state index in [9.17, 15) is 0 Å². The molecule has 0 bridgehead atoms. The van der Waals surface area contributed by atoms with Crippen molar-refractivity contribution >= 4 is 16.5 Å². The Kier molecular flexibility index (Phi) is 4.78. The first kappa shape index (κ1) is 13.8. The van der Waals surface area contributed by atoms with E-state index in [0.717, 1.165) is 23.0 Å². The van der Waals surface area contributed by atoms with Gasteiger partial charge in [0.25, 0.3) is 0 Å². The number of nitrogens with two attached hydrogens (primary N) is 1. The minimum atomic E-state index is 0. The number of thiazole rings is 1. The number of halogens is 1. The number of nitrogen functional groups attached to an aromatic ring is 1. The molecule has 3 nitrogen and oxygen atoms in total. The second-order valence-electron chi connectivity index (χ2n) is 3.66. The average molecular weight is 271 g/mol. The number of aromatic amines is 1. The van der Waals surface area contributed by atoms with Crippen LogP contribution in [0.5, 0.6) is 5.75 Å². The number of rotatable bonds is 3. The van der Waals surface area contributed by atoms with Gasteiger partial charge in [0, 0.05) is 6.42 Å². The molecule has 0 saturated heterocycles. The van der Waals surface area contributed by atoms with Crippen molar-refractivity contribution in [2.75, 3.05) is 12.8 Å². The normalized spacial score (nSPS) is 9.76. The van der Waals surface area contributed by atoms with Crippen LogP contribution in [0.1, 0.15) is 16.1 Å². The highest BCUT2D eigenvalue weighted by Crippen LogP contribution is 2.21. The summed E-state index contributed by atoms with van der Waals surface area (Å²) in [5.74, 6) is 0.887. The van der Waals surface area contributed by atoms with Gasteiger partial charge in [-0.3, -0.25) is 5.73 Å². The van der Waals surface area contributed by atoms with Crippen LogP contribution in [-0.2, 0) is 6.42 Å². The molecule has 2 rings (SSSR count). The zero-order valence-corrected chi connectivity index (χ0v) is 11.4. The molecule has 1 aromatic heterocycles. The van der Waals surface area contributed by atoms with E-state index in [1.807, 2.05) is 19.1 Å². The largest absolute Gasteiger partial charge is 1.00 e. The summed E-state index contributed by atoms with van der Waals surface area (Å²) >= 11 is 1.61. The van der Waals surface area contributed by atoms with Crippen molar-refractivity contribution < 1.29 is 22.1 Å². The number of ether oxygens (including phenoxy) is 1. The van der Waals surface area contributed by atoms with Gasteiger partial charge in [0.1, 0.15) is 11.4 Å². The lowest BCUT2D eigenvalue weighted by Crippen LogP contribution is -3.00. The molecule has 2 aromatic rings. The third-order valence-electron chi connectivity index (χ3n) is 2.49. The average Bonchev–Trinajstić information content (AvgIpc) is 2.59. The van der Waals surface area contributed by atoms with Crippen LogP contribution in [0.25, 0.3) is 0 Å². The molecule has 0 fully saturated rings. The Morgan fingerprint density at radius 3 is 2.41 bits per heavy atom. The van der Waals surface area contributed by atoms with Crippen LogP contribution in [0.3, 0.4) is 0 Å². The summed E-state index contributed by atoms with van der Waals surface area (Å²) < 4.78 is 5.12. The van der Waals surface area contributed by atoms with Gasteiger partial charge in [0.05, 0.1) is 12.0 Å². The topological polar surface area (TPSA) is 49.4 Å². The van der Waals surface area contributed by atoms with Crippen molar-refractivity contribution in [3.8, 4) is 5.75 Å². The van der Waals surface area contributed by atoms with Crippen molar-refractivity contribution in [1.29, 1.82) is 0 Å². The Balaban J connectivity index is 0.00000144. The second-order valence-corrected chi connectivity index (χ2v) is 4.80. The highest BCUT2D eigenvalue weighted by atomic mass is 35.5. The van der Waals surface area contributed by atoms with Crippen LogP contribution in [0.4, 0.5) is 5.13 Å². The maximum Gasteiger partial charge on any atom is 0.329 e. The molecule has 0 aliphatic heterocycles.